The van der Waals surface area contributed by atoms with E-state index in [0.29, 0.717) is 31.0 Å². The van der Waals surface area contributed by atoms with Gasteiger partial charge in [-0.1, -0.05) is 13.8 Å². The molecule has 0 amide bonds. The van der Waals surface area contributed by atoms with Crippen LogP contribution in [0.25, 0.3) is 0 Å². The van der Waals surface area contributed by atoms with Crippen molar-refractivity contribution in [1.29, 1.82) is 0 Å². The van der Waals surface area contributed by atoms with Crippen molar-refractivity contribution in [1.82, 2.24) is 0 Å². The van der Waals surface area contributed by atoms with E-state index in [9.17, 15) is 19.8 Å². The molecule has 0 aromatic rings. The number of aliphatic hydroxyl groups excluding tert-OH is 1. The van der Waals surface area contributed by atoms with Crippen LogP contribution in [0.5, 0.6) is 0 Å². The lowest BCUT2D eigenvalue weighted by atomic mass is 9.44. The standard InChI is InChI=1S/C21H32O4/c1-12(22)21(25)9-6-16-14-11-18(24)17-10-13(23)4-7-19(17,2)15(14)5-8-20(16,21)3/h13-17,23,25H,4-11H2,1-3H3/t13-,14+,15-,16-,17+,19+,20-,21-/m0/s1. The highest BCUT2D eigenvalue weighted by Crippen LogP contribution is 2.67. The van der Waals surface area contributed by atoms with Crippen molar-refractivity contribution < 1.29 is 19.8 Å². The van der Waals surface area contributed by atoms with E-state index in [2.05, 4.69) is 13.8 Å². The molecule has 0 aliphatic heterocycles. The minimum atomic E-state index is -1.22. The van der Waals surface area contributed by atoms with Crippen LogP contribution in [0.4, 0.5) is 0 Å². The highest BCUT2D eigenvalue weighted by Gasteiger charge is 2.67. The van der Waals surface area contributed by atoms with Crippen LogP contribution in [0.2, 0.25) is 0 Å². The van der Waals surface area contributed by atoms with Gasteiger partial charge in [0.15, 0.2) is 5.78 Å². The van der Waals surface area contributed by atoms with E-state index in [1.54, 1.807) is 0 Å². The molecule has 140 valence electrons. The number of ketones is 2. The van der Waals surface area contributed by atoms with Gasteiger partial charge in [0.2, 0.25) is 0 Å². The Hall–Kier alpha value is -0.740. The fraction of sp³-hybridized carbons (Fsp3) is 0.905. The predicted octanol–water partition coefficient (Wildman–Crippen LogP) is 2.89. The average molecular weight is 348 g/mol. The van der Waals surface area contributed by atoms with Crippen LogP contribution in [-0.4, -0.2) is 33.5 Å². The summed E-state index contributed by atoms with van der Waals surface area (Å²) in [5, 5.41) is 21.2. The van der Waals surface area contributed by atoms with Gasteiger partial charge in [-0.25, -0.2) is 0 Å². The minimum absolute atomic E-state index is 0.00468. The molecular formula is C21H32O4. The van der Waals surface area contributed by atoms with Gasteiger partial charge in [-0.3, -0.25) is 9.59 Å². The second kappa shape index (κ2) is 5.39. The van der Waals surface area contributed by atoms with E-state index in [1.807, 2.05) is 0 Å². The molecule has 8 atom stereocenters. The van der Waals surface area contributed by atoms with E-state index in [4.69, 9.17) is 0 Å². The van der Waals surface area contributed by atoms with E-state index in [1.165, 1.54) is 6.92 Å². The van der Waals surface area contributed by atoms with Crippen LogP contribution in [0.3, 0.4) is 0 Å². The summed E-state index contributed by atoms with van der Waals surface area (Å²) in [6.45, 7) is 5.88. The van der Waals surface area contributed by atoms with Crippen molar-refractivity contribution in [3.63, 3.8) is 0 Å². The summed E-state index contributed by atoms with van der Waals surface area (Å²) in [6, 6.07) is 0. The average Bonchev–Trinajstić information content (AvgIpc) is 2.83. The molecule has 0 heterocycles. The lowest BCUT2D eigenvalue weighted by molar-refractivity contribution is -0.175. The van der Waals surface area contributed by atoms with Crippen molar-refractivity contribution in [3.05, 3.63) is 0 Å². The summed E-state index contributed by atoms with van der Waals surface area (Å²) in [5.41, 5.74) is -1.62. The third-order valence-electron chi connectivity index (χ3n) is 9.16. The van der Waals surface area contributed by atoms with Crippen LogP contribution in [0, 0.1) is 34.5 Å². The number of fused-ring (bicyclic) bond motifs is 5. The molecule has 4 nitrogen and oxygen atoms in total. The molecule has 0 aromatic carbocycles. The van der Waals surface area contributed by atoms with Gasteiger partial charge in [-0.2, -0.15) is 0 Å². The van der Waals surface area contributed by atoms with E-state index >= 15 is 0 Å². The molecule has 4 fully saturated rings. The Balaban J connectivity index is 1.69. The lowest BCUT2D eigenvalue weighted by Gasteiger charge is -2.60. The molecule has 25 heavy (non-hydrogen) atoms. The first-order valence-corrected chi connectivity index (χ1v) is 10.1. The SMILES string of the molecule is CC(=O)[C@@]1(O)CC[C@H]2[C@@H]3CC(=O)[C@H]4C[C@@H](O)CC[C@]4(C)[C@H]3CC[C@@]21C. The fourth-order valence-corrected chi connectivity index (χ4v) is 7.61. The Morgan fingerprint density at radius 3 is 2.44 bits per heavy atom. The number of aliphatic hydroxyl groups is 2. The monoisotopic (exact) mass is 348 g/mol. The molecule has 4 saturated carbocycles. The molecule has 0 aromatic heterocycles. The van der Waals surface area contributed by atoms with Gasteiger partial charge in [0.25, 0.3) is 0 Å². The molecule has 0 spiro atoms. The van der Waals surface area contributed by atoms with E-state index < -0.39 is 11.0 Å². The number of carbonyl (C=O) groups excluding carboxylic acids is 2. The van der Waals surface area contributed by atoms with Crippen LogP contribution in [0.1, 0.15) is 72.1 Å². The molecule has 2 N–H and O–H groups in total. The quantitative estimate of drug-likeness (QED) is 0.764. The van der Waals surface area contributed by atoms with E-state index in [0.717, 1.165) is 32.1 Å². The summed E-state index contributed by atoms with van der Waals surface area (Å²) < 4.78 is 0. The first-order valence-electron chi connectivity index (χ1n) is 10.1. The van der Waals surface area contributed by atoms with Gasteiger partial charge in [-0.15, -0.1) is 0 Å². The molecule has 4 aliphatic carbocycles. The van der Waals surface area contributed by atoms with Crippen molar-refractivity contribution in [2.75, 3.05) is 0 Å². The molecule has 4 aliphatic rings. The third kappa shape index (κ3) is 2.13. The largest absolute Gasteiger partial charge is 0.393 e. The molecule has 0 bridgehead atoms. The van der Waals surface area contributed by atoms with Crippen LogP contribution >= 0.6 is 0 Å². The maximum atomic E-state index is 13.0. The Kier molecular flexibility index (Phi) is 3.81. The fourth-order valence-electron chi connectivity index (χ4n) is 7.61. The van der Waals surface area contributed by atoms with Gasteiger partial charge in [0.1, 0.15) is 11.4 Å². The lowest BCUT2D eigenvalue weighted by Crippen LogP contribution is -2.60. The zero-order valence-electron chi connectivity index (χ0n) is 15.8. The molecule has 0 unspecified atom stereocenters. The Labute approximate surface area is 150 Å². The van der Waals surface area contributed by atoms with Gasteiger partial charge in [-0.05, 0) is 75.0 Å². The summed E-state index contributed by atoms with van der Waals surface area (Å²) >= 11 is 0. The summed E-state index contributed by atoms with van der Waals surface area (Å²) in [4.78, 5) is 25.2. The Morgan fingerprint density at radius 1 is 1.08 bits per heavy atom. The van der Waals surface area contributed by atoms with Crippen molar-refractivity contribution in [2.45, 2.75) is 83.8 Å². The predicted molar refractivity (Wildman–Crippen MR) is 93.8 cm³/mol. The summed E-state index contributed by atoms with van der Waals surface area (Å²) in [5.74, 6) is 1.22. The maximum Gasteiger partial charge on any atom is 0.161 e. The number of hydrogen-bond donors (Lipinski definition) is 2. The van der Waals surface area contributed by atoms with Gasteiger partial charge < -0.3 is 10.2 Å². The molecule has 0 saturated heterocycles. The number of Topliss-reactive ketones (excluding diaryl/α,β-unsaturated/α-hetero) is 2. The van der Waals surface area contributed by atoms with Crippen LogP contribution in [0.15, 0.2) is 0 Å². The zero-order valence-corrected chi connectivity index (χ0v) is 15.8. The molecule has 4 heteroatoms. The molecular weight excluding hydrogens is 316 g/mol. The molecule has 4 rings (SSSR count). The van der Waals surface area contributed by atoms with Crippen molar-refractivity contribution in [3.8, 4) is 0 Å². The Bertz CT molecular complexity index is 615. The van der Waals surface area contributed by atoms with Crippen LogP contribution in [-0.2, 0) is 9.59 Å². The maximum absolute atomic E-state index is 13.0. The second-order valence-electron chi connectivity index (χ2n) is 9.95. The third-order valence-corrected chi connectivity index (χ3v) is 9.16. The summed E-state index contributed by atoms with van der Waals surface area (Å²) in [6.07, 6.45) is 5.84. The second-order valence-corrected chi connectivity index (χ2v) is 9.95. The number of hydrogen-bond acceptors (Lipinski definition) is 4. The molecule has 0 radical (unpaired) electrons. The first-order chi connectivity index (χ1) is 11.6. The summed E-state index contributed by atoms with van der Waals surface area (Å²) in [7, 11) is 0. The minimum Gasteiger partial charge on any atom is -0.393 e. The van der Waals surface area contributed by atoms with Crippen LogP contribution < -0.4 is 0 Å². The van der Waals surface area contributed by atoms with Gasteiger partial charge >= 0.3 is 0 Å². The highest BCUT2D eigenvalue weighted by molar-refractivity contribution is 5.86. The van der Waals surface area contributed by atoms with Crippen molar-refractivity contribution >= 4 is 11.6 Å². The first kappa shape index (κ1) is 17.7. The van der Waals surface area contributed by atoms with E-state index in [-0.39, 0.29) is 35.1 Å². The van der Waals surface area contributed by atoms with Gasteiger partial charge in [0, 0.05) is 17.8 Å². The Morgan fingerprint density at radius 2 is 1.76 bits per heavy atom. The number of rotatable bonds is 1. The number of carbonyl (C=O) groups is 2. The normalized spacial score (nSPS) is 55.2. The van der Waals surface area contributed by atoms with Crippen molar-refractivity contribution in [2.24, 2.45) is 34.5 Å². The smallest absolute Gasteiger partial charge is 0.161 e. The topological polar surface area (TPSA) is 74.6 Å². The van der Waals surface area contributed by atoms with Gasteiger partial charge in [0.05, 0.1) is 6.10 Å². The highest BCUT2D eigenvalue weighted by atomic mass is 16.3. The zero-order chi connectivity index (χ0) is 18.2.